The van der Waals surface area contributed by atoms with Crippen molar-refractivity contribution in [3.8, 4) is 16.9 Å². The third kappa shape index (κ3) is 4.55. The number of amides is 1. The van der Waals surface area contributed by atoms with Crippen molar-refractivity contribution >= 4 is 11.7 Å². The smallest absolute Gasteiger partial charge is 0.251 e. The molecule has 2 N–H and O–H groups in total. The summed E-state index contributed by atoms with van der Waals surface area (Å²) in [5, 5.41) is 12.8. The minimum absolute atomic E-state index is 0.0184. The van der Waals surface area contributed by atoms with Gasteiger partial charge < -0.3 is 15.3 Å². The van der Waals surface area contributed by atoms with Crippen molar-refractivity contribution in [2.75, 3.05) is 20.1 Å². The largest absolute Gasteiger partial charge is 0.507 e. The molecule has 27 heavy (non-hydrogen) atoms. The molecule has 1 fully saturated rings. The van der Waals surface area contributed by atoms with Gasteiger partial charge in [0.05, 0.1) is 5.56 Å². The Balaban J connectivity index is 1.62. The average Bonchev–Trinajstić information content (AvgIpc) is 3.07. The van der Waals surface area contributed by atoms with E-state index in [9.17, 15) is 14.7 Å². The third-order valence-electron chi connectivity index (χ3n) is 5.29. The van der Waals surface area contributed by atoms with Crippen LogP contribution in [-0.2, 0) is 0 Å². The summed E-state index contributed by atoms with van der Waals surface area (Å²) >= 11 is 0. The fraction of sp³-hybridized carbons (Fsp3) is 0.364. The van der Waals surface area contributed by atoms with Gasteiger partial charge in [0.1, 0.15) is 5.75 Å². The number of Topliss-reactive ketones (excluding diaryl/α,β-unsaturated/α-hetero) is 1. The Kier molecular flexibility index (Phi) is 5.91. The van der Waals surface area contributed by atoms with Crippen LogP contribution in [0.1, 0.15) is 46.9 Å². The molecule has 5 heteroatoms. The number of carbonyl (C=O) groups is 2. The van der Waals surface area contributed by atoms with Crippen molar-refractivity contribution < 1.29 is 14.7 Å². The van der Waals surface area contributed by atoms with Crippen molar-refractivity contribution in [3.05, 3.63) is 53.6 Å². The molecule has 1 unspecified atom stereocenters. The van der Waals surface area contributed by atoms with Gasteiger partial charge in [-0.25, -0.2) is 0 Å². The standard InChI is InChI=1S/C22H26N2O3/c1-15(25)20-14-18(9-10-21(20)26)16-5-7-17(8-6-16)22(27)23-12-11-19-4-3-13-24(19)2/h5-10,14,19,26H,3-4,11-13H2,1-2H3,(H,23,27). The van der Waals surface area contributed by atoms with E-state index in [0.717, 1.165) is 24.1 Å². The summed E-state index contributed by atoms with van der Waals surface area (Å²) in [5.41, 5.74) is 2.63. The second kappa shape index (κ2) is 8.35. The Labute approximate surface area is 160 Å². The van der Waals surface area contributed by atoms with Crippen LogP contribution in [0.4, 0.5) is 0 Å². The Morgan fingerprint density at radius 2 is 1.85 bits per heavy atom. The van der Waals surface area contributed by atoms with Gasteiger partial charge in [0.2, 0.25) is 0 Å². The molecule has 0 radical (unpaired) electrons. The molecule has 1 amide bonds. The van der Waals surface area contributed by atoms with E-state index < -0.39 is 0 Å². The lowest BCUT2D eigenvalue weighted by Crippen LogP contribution is -2.31. The number of hydrogen-bond acceptors (Lipinski definition) is 4. The number of phenolic OH excluding ortho intramolecular Hbond substituents is 1. The number of ketones is 1. The molecule has 0 saturated carbocycles. The molecule has 0 spiro atoms. The van der Waals surface area contributed by atoms with Crippen molar-refractivity contribution in [2.24, 2.45) is 0 Å². The summed E-state index contributed by atoms with van der Waals surface area (Å²) in [6.07, 6.45) is 3.41. The Morgan fingerprint density at radius 1 is 1.15 bits per heavy atom. The predicted octanol–water partition coefficient (Wildman–Crippen LogP) is 3.48. The topological polar surface area (TPSA) is 69.6 Å². The molecule has 1 atom stereocenters. The highest BCUT2D eigenvalue weighted by atomic mass is 16.3. The molecule has 2 aromatic carbocycles. The second-order valence-electron chi connectivity index (χ2n) is 7.19. The SMILES string of the molecule is CC(=O)c1cc(-c2ccc(C(=O)NCCC3CCCN3C)cc2)ccc1O. The normalized spacial score (nSPS) is 17.0. The van der Waals surface area contributed by atoms with Crippen LogP contribution < -0.4 is 5.32 Å². The van der Waals surface area contributed by atoms with Gasteiger partial charge in [-0.1, -0.05) is 18.2 Å². The number of benzene rings is 2. The first-order valence-corrected chi connectivity index (χ1v) is 9.38. The van der Waals surface area contributed by atoms with Crippen molar-refractivity contribution in [3.63, 3.8) is 0 Å². The highest BCUT2D eigenvalue weighted by molar-refractivity contribution is 5.98. The van der Waals surface area contributed by atoms with Crippen LogP contribution in [0.3, 0.4) is 0 Å². The van der Waals surface area contributed by atoms with Crippen LogP contribution in [0.5, 0.6) is 5.75 Å². The van der Waals surface area contributed by atoms with Gasteiger partial charge in [-0.05, 0) is 75.2 Å². The fourth-order valence-corrected chi connectivity index (χ4v) is 3.61. The summed E-state index contributed by atoms with van der Waals surface area (Å²) in [4.78, 5) is 26.3. The van der Waals surface area contributed by atoms with Crippen LogP contribution in [0.2, 0.25) is 0 Å². The number of rotatable bonds is 6. The number of hydrogen-bond donors (Lipinski definition) is 2. The van der Waals surface area contributed by atoms with E-state index in [1.165, 1.54) is 25.8 Å². The van der Waals surface area contributed by atoms with Gasteiger partial charge in [0.25, 0.3) is 5.91 Å². The number of nitrogens with zero attached hydrogens (tertiary/aromatic N) is 1. The van der Waals surface area contributed by atoms with Crippen molar-refractivity contribution in [2.45, 2.75) is 32.2 Å². The fourth-order valence-electron chi connectivity index (χ4n) is 3.61. The zero-order valence-corrected chi connectivity index (χ0v) is 15.9. The predicted molar refractivity (Wildman–Crippen MR) is 106 cm³/mol. The highest BCUT2D eigenvalue weighted by Crippen LogP contribution is 2.26. The molecule has 5 nitrogen and oxygen atoms in total. The quantitative estimate of drug-likeness (QED) is 0.768. The van der Waals surface area contributed by atoms with Crippen LogP contribution in [0.25, 0.3) is 11.1 Å². The van der Waals surface area contributed by atoms with E-state index >= 15 is 0 Å². The maximum absolute atomic E-state index is 12.3. The number of nitrogens with one attached hydrogen (secondary N) is 1. The molecule has 0 aliphatic carbocycles. The van der Waals surface area contributed by atoms with Gasteiger partial charge in [-0.15, -0.1) is 0 Å². The number of aromatic hydroxyl groups is 1. The first-order valence-electron chi connectivity index (χ1n) is 9.38. The average molecular weight is 366 g/mol. The summed E-state index contributed by atoms with van der Waals surface area (Å²) in [6, 6.07) is 12.8. The van der Waals surface area contributed by atoms with Gasteiger partial charge in [-0.2, -0.15) is 0 Å². The first kappa shape index (κ1) is 19.1. The van der Waals surface area contributed by atoms with Crippen LogP contribution in [0, 0.1) is 0 Å². The molecule has 1 heterocycles. The minimum Gasteiger partial charge on any atom is -0.507 e. The van der Waals surface area contributed by atoms with Crippen LogP contribution in [-0.4, -0.2) is 47.9 Å². The van der Waals surface area contributed by atoms with E-state index in [1.54, 1.807) is 24.3 Å². The number of carbonyl (C=O) groups excluding carboxylic acids is 2. The van der Waals surface area contributed by atoms with Gasteiger partial charge in [-0.3, -0.25) is 9.59 Å². The molecule has 1 aliphatic heterocycles. The number of phenols is 1. The van der Waals surface area contributed by atoms with Crippen molar-refractivity contribution in [1.29, 1.82) is 0 Å². The third-order valence-corrected chi connectivity index (χ3v) is 5.29. The lowest BCUT2D eigenvalue weighted by atomic mass is 9.99. The Bertz CT molecular complexity index is 830. The molecular formula is C22H26N2O3. The first-order chi connectivity index (χ1) is 13.0. The number of likely N-dealkylation sites (tertiary alicyclic amines) is 1. The van der Waals surface area contributed by atoms with Gasteiger partial charge in [0, 0.05) is 18.2 Å². The van der Waals surface area contributed by atoms with E-state index in [1.807, 2.05) is 12.1 Å². The Hall–Kier alpha value is -2.66. The highest BCUT2D eigenvalue weighted by Gasteiger charge is 2.20. The summed E-state index contributed by atoms with van der Waals surface area (Å²) in [5.74, 6) is -0.272. The zero-order chi connectivity index (χ0) is 19.4. The van der Waals surface area contributed by atoms with Crippen molar-refractivity contribution in [1.82, 2.24) is 10.2 Å². The lowest BCUT2D eigenvalue weighted by Gasteiger charge is -2.19. The molecule has 1 saturated heterocycles. The minimum atomic E-state index is -0.182. The summed E-state index contributed by atoms with van der Waals surface area (Å²) < 4.78 is 0. The zero-order valence-electron chi connectivity index (χ0n) is 15.9. The summed E-state index contributed by atoms with van der Waals surface area (Å²) in [6.45, 7) is 3.24. The van der Waals surface area contributed by atoms with E-state index in [4.69, 9.17) is 0 Å². The van der Waals surface area contributed by atoms with E-state index in [0.29, 0.717) is 23.7 Å². The molecular weight excluding hydrogens is 340 g/mol. The van der Waals surface area contributed by atoms with E-state index in [2.05, 4.69) is 17.3 Å². The maximum Gasteiger partial charge on any atom is 0.251 e. The Morgan fingerprint density at radius 3 is 2.48 bits per heavy atom. The summed E-state index contributed by atoms with van der Waals surface area (Å²) in [7, 11) is 2.14. The molecule has 2 aromatic rings. The molecule has 3 rings (SSSR count). The van der Waals surface area contributed by atoms with Crippen LogP contribution in [0.15, 0.2) is 42.5 Å². The molecule has 0 aromatic heterocycles. The molecule has 142 valence electrons. The van der Waals surface area contributed by atoms with Crippen LogP contribution >= 0.6 is 0 Å². The lowest BCUT2D eigenvalue weighted by molar-refractivity contribution is 0.0949. The molecule has 1 aliphatic rings. The second-order valence-corrected chi connectivity index (χ2v) is 7.19. The monoisotopic (exact) mass is 366 g/mol. The molecule has 0 bridgehead atoms. The van der Waals surface area contributed by atoms with E-state index in [-0.39, 0.29) is 17.4 Å². The van der Waals surface area contributed by atoms with Gasteiger partial charge >= 0.3 is 0 Å². The van der Waals surface area contributed by atoms with Gasteiger partial charge in [0.15, 0.2) is 5.78 Å². The maximum atomic E-state index is 12.3.